The van der Waals surface area contributed by atoms with Crippen molar-refractivity contribution in [2.75, 3.05) is 24.7 Å². The van der Waals surface area contributed by atoms with Crippen molar-refractivity contribution in [1.82, 2.24) is 10.2 Å². The molecule has 5 N–H and O–H groups in total. The van der Waals surface area contributed by atoms with E-state index < -0.39 is 11.9 Å². The van der Waals surface area contributed by atoms with Crippen LogP contribution in [0.4, 0.5) is 16.2 Å². The van der Waals surface area contributed by atoms with Crippen LogP contribution >= 0.6 is 11.6 Å². The summed E-state index contributed by atoms with van der Waals surface area (Å²) in [6.45, 7) is 1.03. The molecule has 3 aromatic carbocycles. The van der Waals surface area contributed by atoms with E-state index in [1.807, 2.05) is 44.4 Å². The van der Waals surface area contributed by atoms with Gasteiger partial charge in [-0.2, -0.15) is 0 Å². The Morgan fingerprint density at radius 1 is 0.882 bits per heavy atom. The number of urea groups is 1. The Kier molecular flexibility index (Phi) is 8.24. The third-order valence-corrected chi connectivity index (χ3v) is 5.16. The SMILES string of the molecule is CN(C)Cc1ccc(NC(=O)c2cccc(CNC(=O)Nc3ccc(C(N)=O)c(Cl)c3)c2)cc1. The summed E-state index contributed by atoms with van der Waals surface area (Å²) in [6.07, 6.45) is 0. The number of anilines is 2. The van der Waals surface area contributed by atoms with E-state index >= 15 is 0 Å². The molecule has 0 atom stereocenters. The monoisotopic (exact) mass is 479 g/mol. The molecular weight excluding hydrogens is 454 g/mol. The normalized spacial score (nSPS) is 10.6. The molecule has 9 heteroatoms. The lowest BCUT2D eigenvalue weighted by atomic mass is 10.1. The molecule has 0 bridgehead atoms. The molecule has 0 aliphatic heterocycles. The molecule has 0 heterocycles. The van der Waals surface area contributed by atoms with E-state index in [2.05, 4.69) is 20.9 Å². The van der Waals surface area contributed by atoms with E-state index in [0.717, 1.165) is 17.7 Å². The van der Waals surface area contributed by atoms with Crippen LogP contribution in [0.15, 0.2) is 66.7 Å². The number of rotatable bonds is 8. The van der Waals surface area contributed by atoms with Gasteiger partial charge in [-0.1, -0.05) is 35.9 Å². The van der Waals surface area contributed by atoms with Crippen molar-refractivity contribution in [3.8, 4) is 0 Å². The standard InChI is InChI=1S/C25H26ClN5O3/c1-31(2)15-16-6-8-19(9-7-16)29-24(33)18-5-3-4-17(12-18)14-28-25(34)30-20-10-11-21(23(27)32)22(26)13-20/h3-13H,14-15H2,1-2H3,(H2,27,32)(H,29,33)(H2,28,30,34). The van der Waals surface area contributed by atoms with Crippen LogP contribution in [0, 0.1) is 0 Å². The number of benzene rings is 3. The molecule has 0 unspecified atom stereocenters. The minimum Gasteiger partial charge on any atom is -0.366 e. The molecular formula is C25H26ClN5O3. The number of carbonyl (C=O) groups excluding carboxylic acids is 3. The van der Waals surface area contributed by atoms with Crippen molar-refractivity contribution in [3.05, 3.63) is 94.0 Å². The Bertz CT molecular complexity index is 1200. The lowest BCUT2D eigenvalue weighted by Gasteiger charge is -2.11. The number of halogens is 1. The molecule has 0 spiro atoms. The van der Waals surface area contributed by atoms with Gasteiger partial charge in [0.2, 0.25) is 5.91 Å². The van der Waals surface area contributed by atoms with Gasteiger partial charge in [-0.25, -0.2) is 4.79 Å². The zero-order valence-corrected chi connectivity index (χ0v) is 19.6. The number of nitrogens with two attached hydrogens (primary N) is 1. The average molecular weight is 480 g/mol. The summed E-state index contributed by atoms with van der Waals surface area (Å²) in [5, 5.41) is 8.39. The van der Waals surface area contributed by atoms with Gasteiger partial charge in [-0.3, -0.25) is 9.59 Å². The fourth-order valence-corrected chi connectivity index (χ4v) is 3.51. The summed E-state index contributed by atoms with van der Waals surface area (Å²) in [5.41, 5.74) is 8.90. The lowest BCUT2D eigenvalue weighted by molar-refractivity contribution is 0.0997. The van der Waals surface area contributed by atoms with Crippen LogP contribution in [-0.4, -0.2) is 36.8 Å². The van der Waals surface area contributed by atoms with Gasteiger partial charge in [0.25, 0.3) is 5.91 Å². The third kappa shape index (κ3) is 7.06. The summed E-state index contributed by atoms with van der Waals surface area (Å²) >= 11 is 6.00. The van der Waals surface area contributed by atoms with Gasteiger partial charge in [0.05, 0.1) is 10.6 Å². The van der Waals surface area contributed by atoms with Gasteiger partial charge in [-0.15, -0.1) is 0 Å². The molecule has 3 rings (SSSR count). The van der Waals surface area contributed by atoms with Gasteiger partial charge in [0, 0.05) is 30.0 Å². The number of nitrogens with zero attached hydrogens (tertiary/aromatic N) is 1. The minimum atomic E-state index is -0.647. The summed E-state index contributed by atoms with van der Waals surface area (Å²) in [6, 6.07) is 18.6. The highest BCUT2D eigenvalue weighted by atomic mass is 35.5. The highest BCUT2D eigenvalue weighted by Gasteiger charge is 2.10. The summed E-state index contributed by atoms with van der Waals surface area (Å²) in [4.78, 5) is 38.2. The van der Waals surface area contributed by atoms with Crippen LogP contribution in [0.5, 0.6) is 0 Å². The second-order valence-electron chi connectivity index (χ2n) is 7.96. The Morgan fingerprint density at radius 3 is 2.24 bits per heavy atom. The van der Waals surface area contributed by atoms with Crippen LogP contribution in [0.25, 0.3) is 0 Å². The molecule has 8 nitrogen and oxygen atoms in total. The molecule has 0 saturated heterocycles. The minimum absolute atomic E-state index is 0.149. The zero-order chi connectivity index (χ0) is 24.7. The first kappa shape index (κ1) is 24.8. The summed E-state index contributed by atoms with van der Waals surface area (Å²) in [5.74, 6) is -0.887. The van der Waals surface area contributed by atoms with Crippen LogP contribution in [0.3, 0.4) is 0 Å². The Labute approximate surface area is 203 Å². The first-order valence-corrected chi connectivity index (χ1v) is 10.9. The largest absolute Gasteiger partial charge is 0.366 e. The molecule has 0 fully saturated rings. The lowest BCUT2D eigenvalue weighted by Crippen LogP contribution is -2.28. The number of hydrogen-bond acceptors (Lipinski definition) is 4. The van der Waals surface area contributed by atoms with Crippen molar-refractivity contribution < 1.29 is 14.4 Å². The second kappa shape index (κ2) is 11.3. The molecule has 3 aromatic rings. The molecule has 0 aliphatic rings. The Balaban J connectivity index is 1.55. The maximum atomic E-state index is 12.7. The van der Waals surface area contributed by atoms with E-state index in [9.17, 15) is 14.4 Å². The first-order valence-electron chi connectivity index (χ1n) is 10.5. The predicted octanol–water partition coefficient (Wildman–Crippen LogP) is 4.07. The highest BCUT2D eigenvalue weighted by molar-refractivity contribution is 6.34. The predicted molar refractivity (Wildman–Crippen MR) is 134 cm³/mol. The Hall–Kier alpha value is -3.88. The van der Waals surface area contributed by atoms with E-state index in [4.69, 9.17) is 17.3 Å². The molecule has 34 heavy (non-hydrogen) atoms. The topological polar surface area (TPSA) is 117 Å². The van der Waals surface area contributed by atoms with Crippen molar-refractivity contribution >= 4 is 40.8 Å². The third-order valence-electron chi connectivity index (χ3n) is 4.85. The van der Waals surface area contributed by atoms with E-state index in [-0.39, 0.29) is 23.0 Å². The van der Waals surface area contributed by atoms with Crippen LogP contribution in [-0.2, 0) is 13.1 Å². The van der Waals surface area contributed by atoms with Gasteiger partial charge >= 0.3 is 6.03 Å². The zero-order valence-electron chi connectivity index (χ0n) is 18.9. The van der Waals surface area contributed by atoms with E-state index in [1.54, 1.807) is 18.2 Å². The van der Waals surface area contributed by atoms with Gasteiger partial charge in [-0.05, 0) is 67.7 Å². The van der Waals surface area contributed by atoms with E-state index in [0.29, 0.717) is 16.9 Å². The highest BCUT2D eigenvalue weighted by Crippen LogP contribution is 2.20. The van der Waals surface area contributed by atoms with Crippen molar-refractivity contribution in [2.45, 2.75) is 13.1 Å². The molecule has 0 aliphatic carbocycles. The number of amides is 4. The number of hydrogen-bond donors (Lipinski definition) is 4. The molecule has 0 saturated carbocycles. The molecule has 0 aromatic heterocycles. The van der Waals surface area contributed by atoms with Crippen molar-refractivity contribution in [3.63, 3.8) is 0 Å². The van der Waals surface area contributed by atoms with Crippen molar-refractivity contribution in [2.24, 2.45) is 5.73 Å². The maximum absolute atomic E-state index is 12.7. The first-order chi connectivity index (χ1) is 16.2. The van der Waals surface area contributed by atoms with Gasteiger partial charge in [0.1, 0.15) is 0 Å². The smallest absolute Gasteiger partial charge is 0.319 e. The summed E-state index contributed by atoms with van der Waals surface area (Å²) < 4.78 is 0. The fraction of sp³-hybridized carbons (Fsp3) is 0.160. The fourth-order valence-electron chi connectivity index (χ4n) is 3.23. The van der Waals surface area contributed by atoms with Gasteiger partial charge in [0.15, 0.2) is 0 Å². The van der Waals surface area contributed by atoms with Crippen LogP contribution in [0.2, 0.25) is 5.02 Å². The number of carbonyl (C=O) groups is 3. The summed E-state index contributed by atoms with van der Waals surface area (Å²) in [7, 11) is 4.00. The van der Waals surface area contributed by atoms with Crippen LogP contribution < -0.4 is 21.7 Å². The average Bonchev–Trinajstić information content (AvgIpc) is 2.78. The van der Waals surface area contributed by atoms with Gasteiger partial charge < -0.3 is 26.6 Å². The molecule has 176 valence electrons. The van der Waals surface area contributed by atoms with Crippen LogP contribution in [0.1, 0.15) is 31.8 Å². The number of nitrogens with one attached hydrogen (secondary N) is 3. The molecule has 4 amide bonds. The van der Waals surface area contributed by atoms with E-state index in [1.165, 1.54) is 18.2 Å². The second-order valence-corrected chi connectivity index (χ2v) is 8.36. The number of primary amides is 1. The van der Waals surface area contributed by atoms with Crippen molar-refractivity contribution in [1.29, 1.82) is 0 Å². The maximum Gasteiger partial charge on any atom is 0.319 e. The quantitative estimate of drug-likeness (QED) is 0.389. The molecule has 0 radical (unpaired) electrons. The Morgan fingerprint density at radius 2 is 1.59 bits per heavy atom.